The van der Waals surface area contributed by atoms with Gasteiger partial charge in [-0.3, -0.25) is 4.79 Å². The van der Waals surface area contributed by atoms with Crippen LogP contribution in [0.5, 0.6) is 11.5 Å². The molecular formula is C15H12F3NO3. The number of hydrogen-bond acceptors (Lipinski definition) is 3. The summed E-state index contributed by atoms with van der Waals surface area (Å²) in [4.78, 5) is 11.0. The van der Waals surface area contributed by atoms with E-state index in [1.807, 2.05) is 0 Å². The quantitative estimate of drug-likeness (QED) is 0.903. The molecule has 0 fully saturated rings. The predicted molar refractivity (Wildman–Crippen MR) is 74.5 cm³/mol. The number of ether oxygens (including phenoxy) is 1. The van der Waals surface area contributed by atoms with Crippen molar-refractivity contribution in [3.63, 3.8) is 0 Å². The van der Waals surface area contributed by atoms with Crippen molar-refractivity contribution in [1.82, 2.24) is 0 Å². The second-order valence-electron chi connectivity index (χ2n) is 4.53. The van der Waals surface area contributed by atoms with Crippen molar-refractivity contribution in [2.24, 2.45) is 0 Å². The minimum atomic E-state index is -4.84. The summed E-state index contributed by atoms with van der Waals surface area (Å²) < 4.78 is 40.6. The lowest BCUT2D eigenvalue weighted by molar-refractivity contribution is -0.274. The van der Waals surface area contributed by atoms with Crippen LogP contribution in [0.2, 0.25) is 0 Å². The summed E-state index contributed by atoms with van der Waals surface area (Å²) in [5, 5.41) is 12.1. The van der Waals surface area contributed by atoms with E-state index in [9.17, 15) is 23.1 Å². The average Bonchev–Trinajstić information content (AvgIpc) is 2.35. The lowest BCUT2D eigenvalue weighted by Crippen LogP contribution is -2.17. The Morgan fingerprint density at radius 2 is 1.86 bits per heavy atom. The van der Waals surface area contributed by atoms with Crippen LogP contribution in [0.15, 0.2) is 42.5 Å². The molecule has 0 heterocycles. The van der Waals surface area contributed by atoms with E-state index in [1.165, 1.54) is 13.0 Å². The molecule has 0 atom stereocenters. The minimum Gasteiger partial charge on any atom is -0.508 e. The average molecular weight is 311 g/mol. The van der Waals surface area contributed by atoms with E-state index in [2.05, 4.69) is 10.1 Å². The Labute approximate surface area is 124 Å². The SMILES string of the molecule is CC(=O)Nc1cccc(-c2cc(O)cc(OC(F)(F)F)c2)c1. The first-order valence-corrected chi connectivity index (χ1v) is 6.21. The summed E-state index contributed by atoms with van der Waals surface area (Å²) >= 11 is 0. The fraction of sp³-hybridized carbons (Fsp3) is 0.133. The zero-order valence-electron chi connectivity index (χ0n) is 11.4. The van der Waals surface area contributed by atoms with Gasteiger partial charge in [0.15, 0.2) is 0 Å². The van der Waals surface area contributed by atoms with Crippen molar-refractivity contribution in [1.29, 1.82) is 0 Å². The normalized spacial score (nSPS) is 11.1. The van der Waals surface area contributed by atoms with E-state index in [1.54, 1.807) is 24.3 Å². The van der Waals surface area contributed by atoms with Crippen molar-refractivity contribution in [2.75, 3.05) is 5.32 Å². The molecule has 116 valence electrons. The molecule has 0 aromatic heterocycles. The molecule has 2 aromatic rings. The topological polar surface area (TPSA) is 58.6 Å². The number of phenolic OH excluding ortho intramolecular Hbond substituents is 1. The monoisotopic (exact) mass is 311 g/mol. The molecule has 4 nitrogen and oxygen atoms in total. The summed E-state index contributed by atoms with van der Waals surface area (Å²) in [6.45, 7) is 1.34. The van der Waals surface area contributed by atoms with Crippen molar-refractivity contribution < 1.29 is 27.8 Å². The number of carbonyl (C=O) groups excluding carboxylic acids is 1. The number of benzene rings is 2. The maximum Gasteiger partial charge on any atom is 0.573 e. The van der Waals surface area contributed by atoms with Crippen LogP contribution in [0.25, 0.3) is 11.1 Å². The van der Waals surface area contributed by atoms with Crippen LogP contribution >= 0.6 is 0 Å². The smallest absolute Gasteiger partial charge is 0.508 e. The highest BCUT2D eigenvalue weighted by Gasteiger charge is 2.31. The van der Waals surface area contributed by atoms with Crippen LogP contribution in [-0.4, -0.2) is 17.4 Å². The third-order valence-electron chi connectivity index (χ3n) is 2.64. The molecule has 1 amide bonds. The first-order valence-electron chi connectivity index (χ1n) is 6.21. The third kappa shape index (κ3) is 4.41. The standard InChI is InChI=1S/C15H12F3NO3/c1-9(20)19-12-4-2-3-10(5-12)11-6-13(21)8-14(7-11)22-15(16,17)18/h2-8,21H,1H3,(H,19,20). The Kier molecular flexibility index (Phi) is 4.25. The second kappa shape index (κ2) is 5.97. The first kappa shape index (κ1) is 15.7. The molecule has 0 aliphatic carbocycles. The fourth-order valence-electron chi connectivity index (χ4n) is 1.92. The Morgan fingerprint density at radius 1 is 1.14 bits per heavy atom. The molecule has 0 bridgehead atoms. The minimum absolute atomic E-state index is 0.269. The Bertz CT molecular complexity index is 699. The van der Waals surface area contributed by atoms with Crippen molar-refractivity contribution in [3.8, 4) is 22.6 Å². The van der Waals surface area contributed by atoms with Crippen LogP contribution in [0.3, 0.4) is 0 Å². The molecule has 2 aromatic carbocycles. The van der Waals surface area contributed by atoms with E-state index in [0.29, 0.717) is 16.8 Å². The maximum atomic E-state index is 12.3. The number of aromatic hydroxyl groups is 1. The summed E-state index contributed by atoms with van der Waals surface area (Å²) in [6.07, 6.45) is -4.84. The van der Waals surface area contributed by atoms with Gasteiger partial charge in [-0.2, -0.15) is 0 Å². The van der Waals surface area contributed by atoms with E-state index in [0.717, 1.165) is 12.1 Å². The number of anilines is 1. The molecular weight excluding hydrogens is 299 g/mol. The zero-order valence-corrected chi connectivity index (χ0v) is 11.4. The number of rotatable bonds is 3. The van der Waals surface area contributed by atoms with Crippen LogP contribution in [0.1, 0.15) is 6.92 Å². The molecule has 0 spiro atoms. The number of halogens is 3. The largest absolute Gasteiger partial charge is 0.573 e. The molecule has 2 N–H and O–H groups in total. The zero-order chi connectivity index (χ0) is 16.3. The summed E-state index contributed by atoms with van der Waals surface area (Å²) in [7, 11) is 0. The van der Waals surface area contributed by atoms with Crippen LogP contribution in [0, 0.1) is 0 Å². The number of carbonyl (C=O) groups is 1. The Balaban J connectivity index is 2.38. The van der Waals surface area contributed by atoms with Gasteiger partial charge in [0.25, 0.3) is 0 Å². The first-order chi connectivity index (χ1) is 10.2. The van der Waals surface area contributed by atoms with Crippen LogP contribution < -0.4 is 10.1 Å². The third-order valence-corrected chi connectivity index (χ3v) is 2.64. The van der Waals surface area contributed by atoms with Crippen LogP contribution in [0.4, 0.5) is 18.9 Å². The highest BCUT2D eigenvalue weighted by Crippen LogP contribution is 2.33. The number of nitrogens with one attached hydrogen (secondary N) is 1. The fourth-order valence-corrected chi connectivity index (χ4v) is 1.92. The molecule has 0 unspecified atom stereocenters. The molecule has 0 radical (unpaired) electrons. The molecule has 0 aliphatic heterocycles. The molecule has 0 saturated carbocycles. The molecule has 0 saturated heterocycles. The van der Waals surface area contributed by atoms with Gasteiger partial charge in [-0.05, 0) is 35.4 Å². The van der Waals surface area contributed by atoms with E-state index >= 15 is 0 Å². The van der Waals surface area contributed by atoms with Gasteiger partial charge < -0.3 is 15.2 Å². The van der Waals surface area contributed by atoms with Crippen molar-refractivity contribution in [3.05, 3.63) is 42.5 Å². The van der Waals surface area contributed by atoms with Gasteiger partial charge in [0.1, 0.15) is 11.5 Å². The van der Waals surface area contributed by atoms with Crippen molar-refractivity contribution in [2.45, 2.75) is 13.3 Å². The predicted octanol–water partition coefficient (Wildman–Crippen LogP) is 3.92. The van der Waals surface area contributed by atoms with Gasteiger partial charge in [0, 0.05) is 18.7 Å². The van der Waals surface area contributed by atoms with Gasteiger partial charge in [-0.15, -0.1) is 13.2 Å². The van der Waals surface area contributed by atoms with Crippen LogP contribution in [-0.2, 0) is 4.79 Å². The number of phenols is 1. The van der Waals surface area contributed by atoms with Gasteiger partial charge in [-0.1, -0.05) is 12.1 Å². The van der Waals surface area contributed by atoms with E-state index in [-0.39, 0.29) is 11.7 Å². The highest BCUT2D eigenvalue weighted by molar-refractivity contribution is 5.89. The summed E-state index contributed by atoms with van der Waals surface area (Å²) in [5.41, 5.74) is 1.34. The Hall–Kier alpha value is -2.70. The maximum absolute atomic E-state index is 12.3. The summed E-state index contributed by atoms with van der Waals surface area (Å²) in [6, 6.07) is 9.81. The molecule has 2 rings (SSSR count). The van der Waals surface area contributed by atoms with Gasteiger partial charge in [-0.25, -0.2) is 0 Å². The number of alkyl halides is 3. The number of amides is 1. The molecule has 7 heteroatoms. The van der Waals surface area contributed by atoms with E-state index in [4.69, 9.17) is 0 Å². The van der Waals surface area contributed by atoms with Crippen molar-refractivity contribution >= 4 is 11.6 Å². The molecule has 22 heavy (non-hydrogen) atoms. The summed E-state index contributed by atoms with van der Waals surface area (Å²) in [5.74, 6) is -1.15. The lowest BCUT2D eigenvalue weighted by Gasteiger charge is -2.12. The molecule has 0 aliphatic rings. The second-order valence-corrected chi connectivity index (χ2v) is 4.53. The lowest BCUT2D eigenvalue weighted by atomic mass is 10.0. The van der Waals surface area contributed by atoms with Gasteiger partial charge in [0.2, 0.25) is 5.91 Å². The number of hydrogen-bond donors (Lipinski definition) is 2. The highest BCUT2D eigenvalue weighted by atomic mass is 19.4. The van der Waals surface area contributed by atoms with Gasteiger partial charge >= 0.3 is 6.36 Å². The Morgan fingerprint density at radius 3 is 2.50 bits per heavy atom. The van der Waals surface area contributed by atoms with E-state index < -0.39 is 12.1 Å². The van der Waals surface area contributed by atoms with Gasteiger partial charge in [0.05, 0.1) is 0 Å².